The van der Waals surface area contributed by atoms with Crippen molar-refractivity contribution in [2.24, 2.45) is 0 Å². The van der Waals surface area contributed by atoms with E-state index in [1.807, 2.05) is 19.9 Å². The van der Waals surface area contributed by atoms with Gasteiger partial charge in [0, 0.05) is 6.42 Å². The zero-order valence-corrected chi connectivity index (χ0v) is 8.59. The molecule has 1 rings (SSSR count). The lowest BCUT2D eigenvalue weighted by Crippen LogP contribution is -1.94. The van der Waals surface area contributed by atoms with Gasteiger partial charge in [0.15, 0.2) is 0 Å². The lowest BCUT2D eigenvalue weighted by molar-refractivity contribution is -0.107. The van der Waals surface area contributed by atoms with Gasteiger partial charge in [-0.25, -0.2) is 4.39 Å². The molecule has 0 aromatic heterocycles. The highest BCUT2D eigenvalue weighted by atomic mass is 19.1. The highest BCUT2D eigenvalue weighted by Crippen LogP contribution is 2.18. The third kappa shape index (κ3) is 2.95. The van der Waals surface area contributed by atoms with Crippen LogP contribution in [0.2, 0.25) is 0 Å². The SMILES string of the molecule is CC(C)c1cc(F)cc(CCC=O)c1. The molecular weight excluding hydrogens is 179 g/mol. The van der Waals surface area contributed by atoms with Crippen LogP contribution in [0.3, 0.4) is 0 Å². The molecule has 1 aromatic rings. The zero-order valence-electron chi connectivity index (χ0n) is 8.59. The first-order valence-corrected chi connectivity index (χ1v) is 4.86. The van der Waals surface area contributed by atoms with E-state index in [2.05, 4.69) is 0 Å². The van der Waals surface area contributed by atoms with Gasteiger partial charge in [-0.1, -0.05) is 19.9 Å². The van der Waals surface area contributed by atoms with Crippen LogP contribution in [0.15, 0.2) is 18.2 Å². The van der Waals surface area contributed by atoms with E-state index in [0.717, 1.165) is 17.4 Å². The van der Waals surface area contributed by atoms with Crippen molar-refractivity contribution in [3.8, 4) is 0 Å². The molecule has 0 atom stereocenters. The number of carbonyl (C=O) groups excluding carboxylic acids is 1. The zero-order chi connectivity index (χ0) is 10.6. The average Bonchev–Trinajstić information content (AvgIpc) is 2.14. The molecule has 0 saturated carbocycles. The molecule has 0 amide bonds. The number of benzene rings is 1. The monoisotopic (exact) mass is 194 g/mol. The summed E-state index contributed by atoms with van der Waals surface area (Å²) in [5.41, 5.74) is 1.90. The molecular formula is C12H15FO. The summed E-state index contributed by atoms with van der Waals surface area (Å²) in [7, 11) is 0. The Labute approximate surface area is 83.9 Å². The first kappa shape index (κ1) is 10.9. The van der Waals surface area contributed by atoms with E-state index in [-0.39, 0.29) is 5.82 Å². The maximum atomic E-state index is 13.1. The van der Waals surface area contributed by atoms with E-state index in [4.69, 9.17) is 0 Å². The molecule has 0 N–H and O–H groups in total. The maximum absolute atomic E-state index is 13.1. The minimum Gasteiger partial charge on any atom is -0.303 e. The normalized spacial score (nSPS) is 10.6. The van der Waals surface area contributed by atoms with Crippen molar-refractivity contribution in [1.29, 1.82) is 0 Å². The fourth-order valence-corrected chi connectivity index (χ4v) is 1.38. The van der Waals surface area contributed by atoms with Gasteiger partial charge in [0.25, 0.3) is 0 Å². The summed E-state index contributed by atoms with van der Waals surface area (Å²) >= 11 is 0. The van der Waals surface area contributed by atoms with Crippen molar-refractivity contribution < 1.29 is 9.18 Å². The molecule has 0 unspecified atom stereocenters. The molecule has 0 aliphatic heterocycles. The number of hydrogen-bond donors (Lipinski definition) is 0. The van der Waals surface area contributed by atoms with E-state index in [0.29, 0.717) is 18.8 Å². The first-order chi connectivity index (χ1) is 6.63. The molecule has 0 aliphatic carbocycles. The van der Waals surface area contributed by atoms with Crippen LogP contribution in [0.25, 0.3) is 0 Å². The summed E-state index contributed by atoms with van der Waals surface area (Å²) in [6, 6.07) is 5.02. The third-order valence-corrected chi connectivity index (χ3v) is 2.20. The fourth-order valence-electron chi connectivity index (χ4n) is 1.38. The van der Waals surface area contributed by atoms with Gasteiger partial charge in [0.2, 0.25) is 0 Å². The Kier molecular flexibility index (Phi) is 3.81. The van der Waals surface area contributed by atoms with Gasteiger partial charge < -0.3 is 4.79 Å². The number of carbonyl (C=O) groups is 1. The van der Waals surface area contributed by atoms with Crippen LogP contribution in [0.1, 0.15) is 37.3 Å². The van der Waals surface area contributed by atoms with E-state index in [9.17, 15) is 9.18 Å². The molecule has 0 saturated heterocycles. The van der Waals surface area contributed by atoms with Crippen molar-refractivity contribution in [1.82, 2.24) is 0 Å². The fraction of sp³-hybridized carbons (Fsp3) is 0.417. The molecule has 2 heteroatoms. The number of aryl methyl sites for hydroxylation is 1. The minimum absolute atomic E-state index is 0.211. The van der Waals surface area contributed by atoms with Crippen molar-refractivity contribution >= 4 is 6.29 Å². The topological polar surface area (TPSA) is 17.1 Å². The third-order valence-electron chi connectivity index (χ3n) is 2.20. The van der Waals surface area contributed by atoms with Crippen LogP contribution >= 0.6 is 0 Å². The van der Waals surface area contributed by atoms with Crippen LogP contribution in [-0.2, 0) is 11.2 Å². The lowest BCUT2D eigenvalue weighted by Gasteiger charge is -2.07. The van der Waals surface area contributed by atoms with Gasteiger partial charge in [-0.2, -0.15) is 0 Å². The number of aldehydes is 1. The minimum atomic E-state index is -0.211. The van der Waals surface area contributed by atoms with Crippen molar-refractivity contribution in [3.05, 3.63) is 35.1 Å². The average molecular weight is 194 g/mol. The summed E-state index contributed by atoms with van der Waals surface area (Å²) < 4.78 is 13.1. The number of rotatable bonds is 4. The van der Waals surface area contributed by atoms with Crippen LogP contribution in [0, 0.1) is 5.82 Å². The van der Waals surface area contributed by atoms with Crippen LogP contribution < -0.4 is 0 Å². The predicted molar refractivity (Wildman–Crippen MR) is 54.9 cm³/mol. The van der Waals surface area contributed by atoms with E-state index < -0.39 is 0 Å². The van der Waals surface area contributed by atoms with E-state index >= 15 is 0 Å². The Bertz CT molecular complexity index is 318. The first-order valence-electron chi connectivity index (χ1n) is 4.86. The summed E-state index contributed by atoms with van der Waals surface area (Å²) in [6.07, 6.45) is 1.95. The summed E-state index contributed by atoms with van der Waals surface area (Å²) in [6.45, 7) is 4.05. The smallest absolute Gasteiger partial charge is 0.123 e. The largest absolute Gasteiger partial charge is 0.303 e. The van der Waals surface area contributed by atoms with Gasteiger partial charge in [-0.05, 0) is 35.6 Å². The molecule has 0 radical (unpaired) electrons. The molecule has 0 heterocycles. The Morgan fingerprint density at radius 1 is 1.36 bits per heavy atom. The Balaban J connectivity index is 2.89. The second kappa shape index (κ2) is 4.89. The second-order valence-electron chi connectivity index (χ2n) is 3.75. The van der Waals surface area contributed by atoms with Crippen LogP contribution in [-0.4, -0.2) is 6.29 Å². The van der Waals surface area contributed by atoms with Crippen molar-refractivity contribution in [3.63, 3.8) is 0 Å². The van der Waals surface area contributed by atoms with Crippen molar-refractivity contribution in [2.45, 2.75) is 32.6 Å². The maximum Gasteiger partial charge on any atom is 0.123 e. The quantitative estimate of drug-likeness (QED) is 0.673. The summed E-state index contributed by atoms with van der Waals surface area (Å²) in [5, 5.41) is 0. The van der Waals surface area contributed by atoms with E-state index in [1.165, 1.54) is 6.07 Å². The Hall–Kier alpha value is -1.18. The van der Waals surface area contributed by atoms with Gasteiger partial charge in [-0.15, -0.1) is 0 Å². The molecule has 1 aromatic carbocycles. The molecule has 14 heavy (non-hydrogen) atoms. The highest BCUT2D eigenvalue weighted by Gasteiger charge is 2.03. The van der Waals surface area contributed by atoms with E-state index in [1.54, 1.807) is 6.07 Å². The molecule has 1 nitrogen and oxygen atoms in total. The summed E-state index contributed by atoms with van der Waals surface area (Å²) in [5.74, 6) is 0.109. The predicted octanol–water partition coefficient (Wildman–Crippen LogP) is 3.08. The van der Waals surface area contributed by atoms with Gasteiger partial charge in [0.05, 0.1) is 0 Å². The lowest BCUT2D eigenvalue weighted by atomic mass is 9.99. The number of halogens is 1. The van der Waals surface area contributed by atoms with Crippen molar-refractivity contribution in [2.75, 3.05) is 0 Å². The number of hydrogen-bond acceptors (Lipinski definition) is 1. The standard InChI is InChI=1S/C12H15FO/c1-9(2)11-6-10(4-3-5-14)7-12(13)8-11/h5-9H,3-4H2,1-2H3. The van der Waals surface area contributed by atoms with Gasteiger partial charge >= 0.3 is 0 Å². The van der Waals surface area contributed by atoms with Crippen LogP contribution in [0.5, 0.6) is 0 Å². The molecule has 76 valence electrons. The van der Waals surface area contributed by atoms with Crippen LogP contribution in [0.4, 0.5) is 4.39 Å². The summed E-state index contributed by atoms with van der Waals surface area (Å²) in [4.78, 5) is 10.2. The Morgan fingerprint density at radius 3 is 2.64 bits per heavy atom. The highest BCUT2D eigenvalue weighted by molar-refractivity contribution is 5.50. The molecule has 0 aliphatic rings. The molecule has 0 spiro atoms. The molecule has 0 bridgehead atoms. The van der Waals surface area contributed by atoms with Gasteiger partial charge in [0.1, 0.15) is 12.1 Å². The van der Waals surface area contributed by atoms with Gasteiger partial charge in [-0.3, -0.25) is 0 Å². The second-order valence-corrected chi connectivity index (χ2v) is 3.75. The Morgan fingerprint density at radius 2 is 2.07 bits per heavy atom. The molecule has 0 fully saturated rings.